The molecule has 2 nitrogen and oxygen atoms in total. The Hall–Kier alpha value is -1.45. The molecule has 0 radical (unpaired) electrons. The summed E-state index contributed by atoms with van der Waals surface area (Å²) < 4.78 is 23.9. The average Bonchev–Trinajstić information content (AvgIpc) is 2.17. The Morgan fingerprint density at radius 1 is 1.19 bits per heavy atom. The van der Waals surface area contributed by atoms with Gasteiger partial charge in [0.25, 0.3) is 5.91 Å². The number of benzene rings is 1. The standard InChI is InChI=1S/C12H15F2NO/c1-12(2,3)8-4-6-9(7-5-8)15-11(16)10(13)14/h4-7,10H,1-3H3,(H,15,16). The molecule has 0 aliphatic carbocycles. The normalized spacial score (nSPS) is 11.6. The monoisotopic (exact) mass is 227 g/mol. The highest BCUT2D eigenvalue weighted by Gasteiger charge is 2.16. The minimum atomic E-state index is -2.98. The summed E-state index contributed by atoms with van der Waals surface area (Å²) in [7, 11) is 0. The van der Waals surface area contributed by atoms with Crippen LogP contribution in [-0.2, 0) is 10.2 Å². The van der Waals surface area contributed by atoms with Gasteiger partial charge in [-0.3, -0.25) is 4.79 Å². The van der Waals surface area contributed by atoms with Gasteiger partial charge in [-0.15, -0.1) is 0 Å². The van der Waals surface area contributed by atoms with Crippen LogP contribution in [0.15, 0.2) is 24.3 Å². The number of amides is 1. The third-order valence-corrected chi connectivity index (χ3v) is 2.22. The zero-order valence-corrected chi connectivity index (χ0v) is 9.55. The first-order valence-corrected chi connectivity index (χ1v) is 5.00. The Morgan fingerprint density at radius 3 is 2.06 bits per heavy atom. The smallest absolute Gasteiger partial charge is 0.315 e. The van der Waals surface area contributed by atoms with E-state index < -0.39 is 12.3 Å². The molecule has 0 aliphatic heterocycles. The van der Waals surface area contributed by atoms with Crippen LogP contribution >= 0.6 is 0 Å². The van der Waals surface area contributed by atoms with Gasteiger partial charge >= 0.3 is 6.43 Å². The van der Waals surface area contributed by atoms with E-state index in [2.05, 4.69) is 26.1 Å². The summed E-state index contributed by atoms with van der Waals surface area (Å²) in [5.41, 5.74) is 1.48. The van der Waals surface area contributed by atoms with E-state index in [-0.39, 0.29) is 5.41 Å². The SMILES string of the molecule is CC(C)(C)c1ccc(NC(=O)C(F)F)cc1. The van der Waals surface area contributed by atoms with Crippen molar-refractivity contribution in [1.29, 1.82) is 0 Å². The van der Waals surface area contributed by atoms with Gasteiger partial charge in [0, 0.05) is 5.69 Å². The van der Waals surface area contributed by atoms with Crippen LogP contribution < -0.4 is 5.32 Å². The quantitative estimate of drug-likeness (QED) is 0.826. The van der Waals surface area contributed by atoms with Crippen LogP contribution in [-0.4, -0.2) is 12.3 Å². The second-order valence-electron chi connectivity index (χ2n) is 4.62. The predicted octanol–water partition coefficient (Wildman–Crippen LogP) is 3.19. The molecule has 1 amide bonds. The molecule has 88 valence electrons. The van der Waals surface area contributed by atoms with Crippen molar-refractivity contribution in [3.8, 4) is 0 Å². The number of alkyl halides is 2. The topological polar surface area (TPSA) is 29.1 Å². The van der Waals surface area contributed by atoms with Crippen LogP contribution in [0.3, 0.4) is 0 Å². The molecular weight excluding hydrogens is 212 g/mol. The van der Waals surface area contributed by atoms with E-state index in [0.717, 1.165) is 5.56 Å². The van der Waals surface area contributed by atoms with Crippen molar-refractivity contribution in [2.45, 2.75) is 32.6 Å². The Labute approximate surface area is 93.7 Å². The van der Waals surface area contributed by atoms with E-state index in [4.69, 9.17) is 0 Å². The van der Waals surface area contributed by atoms with Gasteiger partial charge in [-0.05, 0) is 23.1 Å². The molecular formula is C12H15F2NO. The van der Waals surface area contributed by atoms with E-state index in [1.807, 2.05) is 12.1 Å². The Morgan fingerprint density at radius 2 is 1.69 bits per heavy atom. The van der Waals surface area contributed by atoms with Crippen LogP contribution in [0.2, 0.25) is 0 Å². The number of rotatable bonds is 2. The van der Waals surface area contributed by atoms with Crippen molar-refractivity contribution in [1.82, 2.24) is 0 Å². The summed E-state index contributed by atoms with van der Waals surface area (Å²) >= 11 is 0. The van der Waals surface area contributed by atoms with E-state index in [0.29, 0.717) is 5.69 Å². The molecule has 1 aromatic carbocycles. The molecule has 0 aliphatic rings. The van der Waals surface area contributed by atoms with Crippen LogP contribution in [0, 0.1) is 0 Å². The molecule has 0 spiro atoms. The Balaban J connectivity index is 2.76. The molecule has 1 N–H and O–H groups in total. The van der Waals surface area contributed by atoms with Crippen molar-refractivity contribution >= 4 is 11.6 Å². The fourth-order valence-electron chi connectivity index (χ4n) is 1.25. The largest absolute Gasteiger partial charge is 0.321 e. The Kier molecular flexibility index (Phi) is 3.62. The fraction of sp³-hybridized carbons (Fsp3) is 0.417. The second kappa shape index (κ2) is 4.60. The summed E-state index contributed by atoms with van der Waals surface area (Å²) in [4.78, 5) is 10.7. The maximum absolute atomic E-state index is 12.0. The van der Waals surface area contributed by atoms with Crippen LogP contribution in [0.5, 0.6) is 0 Å². The van der Waals surface area contributed by atoms with E-state index in [9.17, 15) is 13.6 Å². The zero-order chi connectivity index (χ0) is 12.3. The first-order chi connectivity index (χ1) is 7.30. The van der Waals surface area contributed by atoms with Crippen molar-refractivity contribution < 1.29 is 13.6 Å². The Bertz CT molecular complexity index is 366. The molecule has 16 heavy (non-hydrogen) atoms. The lowest BCUT2D eigenvalue weighted by Gasteiger charge is -2.19. The van der Waals surface area contributed by atoms with Gasteiger partial charge in [-0.1, -0.05) is 32.9 Å². The molecule has 0 unspecified atom stereocenters. The highest BCUT2D eigenvalue weighted by atomic mass is 19.3. The van der Waals surface area contributed by atoms with Gasteiger partial charge in [0.05, 0.1) is 0 Å². The summed E-state index contributed by atoms with van der Waals surface area (Å²) in [6.45, 7) is 6.17. The molecule has 0 bridgehead atoms. The maximum Gasteiger partial charge on any atom is 0.315 e. The lowest BCUT2D eigenvalue weighted by atomic mass is 9.87. The van der Waals surface area contributed by atoms with Gasteiger partial charge < -0.3 is 5.32 Å². The second-order valence-corrected chi connectivity index (χ2v) is 4.62. The number of halogens is 2. The molecule has 4 heteroatoms. The fourth-order valence-corrected chi connectivity index (χ4v) is 1.25. The van der Waals surface area contributed by atoms with Crippen LogP contribution in [0.1, 0.15) is 26.3 Å². The van der Waals surface area contributed by atoms with Gasteiger partial charge in [0.2, 0.25) is 0 Å². The number of carbonyl (C=O) groups is 1. The number of anilines is 1. The minimum Gasteiger partial charge on any atom is -0.321 e. The highest BCUT2D eigenvalue weighted by Crippen LogP contribution is 2.23. The lowest BCUT2D eigenvalue weighted by molar-refractivity contribution is -0.126. The number of hydrogen-bond acceptors (Lipinski definition) is 1. The lowest BCUT2D eigenvalue weighted by Crippen LogP contribution is -2.20. The molecule has 0 saturated carbocycles. The average molecular weight is 227 g/mol. The minimum absolute atomic E-state index is 0.00521. The molecule has 0 fully saturated rings. The third-order valence-electron chi connectivity index (χ3n) is 2.22. The number of nitrogens with one attached hydrogen (secondary N) is 1. The third kappa shape index (κ3) is 3.29. The van der Waals surface area contributed by atoms with Gasteiger partial charge in [0.15, 0.2) is 0 Å². The van der Waals surface area contributed by atoms with E-state index in [1.54, 1.807) is 12.1 Å². The van der Waals surface area contributed by atoms with E-state index in [1.165, 1.54) is 0 Å². The van der Waals surface area contributed by atoms with Crippen molar-refractivity contribution in [3.05, 3.63) is 29.8 Å². The molecule has 0 atom stereocenters. The summed E-state index contributed by atoms with van der Waals surface area (Å²) in [5, 5.41) is 2.13. The van der Waals surface area contributed by atoms with Crippen molar-refractivity contribution in [2.75, 3.05) is 5.32 Å². The van der Waals surface area contributed by atoms with Gasteiger partial charge in [-0.25, -0.2) is 0 Å². The van der Waals surface area contributed by atoms with Gasteiger partial charge in [0.1, 0.15) is 0 Å². The summed E-state index contributed by atoms with van der Waals surface area (Å²) in [5.74, 6) is -1.27. The molecule has 0 saturated heterocycles. The highest BCUT2D eigenvalue weighted by molar-refractivity contribution is 5.93. The van der Waals surface area contributed by atoms with Crippen molar-refractivity contribution in [3.63, 3.8) is 0 Å². The first-order valence-electron chi connectivity index (χ1n) is 5.00. The van der Waals surface area contributed by atoms with Crippen LogP contribution in [0.4, 0.5) is 14.5 Å². The first kappa shape index (κ1) is 12.6. The predicted molar refractivity (Wildman–Crippen MR) is 59.8 cm³/mol. The molecule has 1 rings (SSSR count). The molecule has 1 aromatic rings. The molecule has 0 aromatic heterocycles. The van der Waals surface area contributed by atoms with E-state index >= 15 is 0 Å². The van der Waals surface area contributed by atoms with Gasteiger partial charge in [-0.2, -0.15) is 8.78 Å². The van der Waals surface area contributed by atoms with Crippen LogP contribution in [0.25, 0.3) is 0 Å². The number of carbonyl (C=O) groups excluding carboxylic acids is 1. The van der Waals surface area contributed by atoms with Crippen molar-refractivity contribution in [2.24, 2.45) is 0 Å². The molecule has 0 heterocycles. The zero-order valence-electron chi connectivity index (χ0n) is 9.55. The summed E-state index contributed by atoms with van der Waals surface area (Å²) in [6.07, 6.45) is -2.98. The summed E-state index contributed by atoms with van der Waals surface area (Å²) in [6, 6.07) is 6.89. The number of hydrogen-bond donors (Lipinski definition) is 1. The maximum atomic E-state index is 12.0.